The monoisotopic (exact) mass is 400 g/mol. The second-order valence-electron chi connectivity index (χ2n) is 7.36. The zero-order chi connectivity index (χ0) is 20.9. The predicted molar refractivity (Wildman–Crippen MR) is 118 cm³/mol. The summed E-state index contributed by atoms with van der Waals surface area (Å²) in [6.07, 6.45) is 1.62. The van der Waals surface area contributed by atoms with E-state index in [0.29, 0.717) is 23.5 Å². The van der Waals surface area contributed by atoms with Gasteiger partial charge in [-0.2, -0.15) is 0 Å². The van der Waals surface area contributed by atoms with Crippen LogP contribution in [0.4, 0.5) is 16.2 Å². The summed E-state index contributed by atoms with van der Waals surface area (Å²) in [6, 6.07) is 22.3. The number of benzene rings is 3. The van der Waals surface area contributed by atoms with Crippen LogP contribution in [0.25, 0.3) is 0 Å². The van der Waals surface area contributed by atoms with Gasteiger partial charge in [0.25, 0.3) is 5.91 Å². The van der Waals surface area contributed by atoms with Crippen molar-refractivity contribution >= 4 is 23.3 Å². The van der Waals surface area contributed by atoms with Gasteiger partial charge < -0.3 is 21.7 Å². The molecular formula is C24H24N4O2. The van der Waals surface area contributed by atoms with Crippen LogP contribution >= 0.6 is 0 Å². The third kappa shape index (κ3) is 4.43. The van der Waals surface area contributed by atoms with E-state index in [1.54, 1.807) is 18.2 Å². The quantitative estimate of drug-likeness (QED) is 0.487. The Labute approximate surface area is 175 Å². The maximum absolute atomic E-state index is 12.6. The van der Waals surface area contributed by atoms with Gasteiger partial charge in [0.15, 0.2) is 0 Å². The van der Waals surface area contributed by atoms with Crippen molar-refractivity contribution in [3.8, 4) is 0 Å². The van der Waals surface area contributed by atoms with Gasteiger partial charge in [-0.25, -0.2) is 4.79 Å². The van der Waals surface area contributed by atoms with E-state index in [9.17, 15) is 9.59 Å². The van der Waals surface area contributed by atoms with Crippen LogP contribution < -0.4 is 21.7 Å². The number of nitrogen functional groups attached to an aromatic ring is 1. The Bertz CT molecular complexity index is 1070. The molecule has 3 aromatic carbocycles. The summed E-state index contributed by atoms with van der Waals surface area (Å²) in [5.74, 6) is -0.201. The topological polar surface area (TPSA) is 96.2 Å². The number of fused-ring (bicyclic) bond motifs is 1. The van der Waals surface area contributed by atoms with Gasteiger partial charge in [0, 0.05) is 12.1 Å². The lowest BCUT2D eigenvalue weighted by Crippen LogP contribution is -2.36. The van der Waals surface area contributed by atoms with E-state index < -0.39 is 0 Å². The van der Waals surface area contributed by atoms with E-state index >= 15 is 0 Å². The average Bonchev–Trinajstić information content (AvgIpc) is 3.16. The average molecular weight is 400 g/mol. The molecule has 1 unspecified atom stereocenters. The first-order chi connectivity index (χ1) is 14.6. The molecule has 1 aliphatic carbocycles. The van der Waals surface area contributed by atoms with Crippen molar-refractivity contribution in [2.45, 2.75) is 25.4 Å². The number of nitrogens with one attached hydrogen (secondary N) is 3. The number of rotatable bonds is 5. The smallest absolute Gasteiger partial charge is 0.315 e. The number of carbonyl (C=O) groups is 2. The molecule has 5 N–H and O–H groups in total. The number of amides is 3. The summed E-state index contributed by atoms with van der Waals surface area (Å²) in [7, 11) is 0. The van der Waals surface area contributed by atoms with E-state index in [4.69, 9.17) is 5.73 Å². The normalized spacial score (nSPS) is 14.6. The number of aryl methyl sites for hydroxylation is 1. The Hall–Kier alpha value is -3.80. The van der Waals surface area contributed by atoms with Crippen molar-refractivity contribution in [2.24, 2.45) is 0 Å². The first-order valence-electron chi connectivity index (χ1n) is 9.97. The fraction of sp³-hybridized carbons (Fsp3) is 0.167. The summed E-state index contributed by atoms with van der Waals surface area (Å²) < 4.78 is 0. The Morgan fingerprint density at radius 1 is 0.967 bits per heavy atom. The number of urea groups is 1. The van der Waals surface area contributed by atoms with Gasteiger partial charge in [0.05, 0.1) is 17.4 Å². The molecule has 6 nitrogen and oxygen atoms in total. The molecule has 0 spiro atoms. The molecular weight excluding hydrogens is 376 g/mol. The molecule has 1 aliphatic rings. The fourth-order valence-electron chi connectivity index (χ4n) is 3.70. The molecule has 3 amide bonds. The first-order valence-corrected chi connectivity index (χ1v) is 9.97. The molecule has 4 rings (SSSR count). The van der Waals surface area contributed by atoms with Crippen LogP contribution in [0.2, 0.25) is 0 Å². The van der Waals surface area contributed by atoms with E-state index in [1.807, 2.05) is 54.6 Å². The van der Waals surface area contributed by atoms with E-state index in [1.165, 1.54) is 0 Å². The van der Waals surface area contributed by atoms with Gasteiger partial charge in [-0.3, -0.25) is 4.79 Å². The molecule has 1 atom stereocenters. The number of anilines is 2. The lowest BCUT2D eigenvalue weighted by molar-refractivity contribution is 0.102. The number of para-hydroxylation sites is 2. The van der Waals surface area contributed by atoms with Crippen molar-refractivity contribution < 1.29 is 9.59 Å². The molecule has 3 aromatic rings. The standard InChI is InChI=1S/C24H24N4O2/c25-20-8-4-5-9-22(20)27-23(29)18-10-12-19-17(14-18)11-13-21(19)28-24(30)26-15-16-6-2-1-3-7-16/h1-10,12,14,21H,11,13,15,25H2,(H,27,29)(H2,26,28,30). The van der Waals surface area contributed by atoms with E-state index in [2.05, 4.69) is 16.0 Å². The summed E-state index contributed by atoms with van der Waals surface area (Å²) in [6.45, 7) is 0.480. The minimum absolute atomic E-state index is 0.0577. The fourth-order valence-corrected chi connectivity index (χ4v) is 3.70. The maximum Gasteiger partial charge on any atom is 0.315 e. The van der Waals surface area contributed by atoms with Crippen molar-refractivity contribution in [1.29, 1.82) is 0 Å². The van der Waals surface area contributed by atoms with Crippen LogP contribution in [0.5, 0.6) is 0 Å². The lowest BCUT2D eigenvalue weighted by atomic mass is 10.0. The summed E-state index contributed by atoms with van der Waals surface area (Å²) in [5, 5.41) is 8.78. The van der Waals surface area contributed by atoms with Crippen LogP contribution in [-0.4, -0.2) is 11.9 Å². The maximum atomic E-state index is 12.6. The van der Waals surface area contributed by atoms with Crippen molar-refractivity contribution in [3.05, 3.63) is 95.1 Å². The minimum atomic E-state index is -0.201. The molecule has 6 heteroatoms. The molecule has 0 radical (unpaired) electrons. The Kier molecular flexibility index (Phi) is 5.66. The van der Waals surface area contributed by atoms with Crippen molar-refractivity contribution in [2.75, 3.05) is 11.1 Å². The van der Waals surface area contributed by atoms with Crippen LogP contribution in [0, 0.1) is 0 Å². The second kappa shape index (κ2) is 8.69. The molecule has 0 heterocycles. The Balaban J connectivity index is 1.38. The number of hydrogen-bond donors (Lipinski definition) is 4. The van der Waals surface area contributed by atoms with Crippen molar-refractivity contribution in [3.63, 3.8) is 0 Å². The third-order valence-electron chi connectivity index (χ3n) is 5.29. The Morgan fingerprint density at radius 2 is 1.73 bits per heavy atom. The molecule has 0 fully saturated rings. The molecule has 152 valence electrons. The minimum Gasteiger partial charge on any atom is -0.397 e. The van der Waals surface area contributed by atoms with Gasteiger partial charge in [-0.1, -0.05) is 48.5 Å². The number of carbonyl (C=O) groups excluding carboxylic acids is 2. The van der Waals surface area contributed by atoms with Crippen LogP contribution in [0.3, 0.4) is 0 Å². The van der Waals surface area contributed by atoms with E-state index in [0.717, 1.165) is 29.5 Å². The van der Waals surface area contributed by atoms with Gasteiger partial charge in [0.2, 0.25) is 0 Å². The highest BCUT2D eigenvalue weighted by atomic mass is 16.2. The Morgan fingerprint density at radius 3 is 2.53 bits per heavy atom. The highest BCUT2D eigenvalue weighted by molar-refractivity contribution is 6.05. The van der Waals surface area contributed by atoms with Crippen LogP contribution in [-0.2, 0) is 13.0 Å². The zero-order valence-corrected chi connectivity index (χ0v) is 16.5. The van der Waals surface area contributed by atoms with Crippen LogP contribution in [0.1, 0.15) is 39.5 Å². The SMILES string of the molecule is Nc1ccccc1NC(=O)c1ccc2c(c1)CCC2NC(=O)NCc1ccccc1. The largest absolute Gasteiger partial charge is 0.397 e. The number of hydrogen-bond acceptors (Lipinski definition) is 3. The summed E-state index contributed by atoms with van der Waals surface area (Å²) >= 11 is 0. The van der Waals surface area contributed by atoms with Crippen molar-refractivity contribution in [1.82, 2.24) is 10.6 Å². The van der Waals surface area contributed by atoms with Crippen LogP contribution in [0.15, 0.2) is 72.8 Å². The zero-order valence-electron chi connectivity index (χ0n) is 16.5. The molecule has 0 aliphatic heterocycles. The first kappa shape index (κ1) is 19.5. The summed E-state index contributed by atoms with van der Waals surface area (Å²) in [5.41, 5.74) is 10.8. The molecule has 0 saturated carbocycles. The summed E-state index contributed by atoms with van der Waals surface area (Å²) in [4.78, 5) is 24.9. The third-order valence-corrected chi connectivity index (χ3v) is 5.29. The molecule has 0 saturated heterocycles. The van der Waals surface area contributed by atoms with Gasteiger partial charge in [-0.05, 0) is 53.8 Å². The van der Waals surface area contributed by atoms with E-state index in [-0.39, 0.29) is 18.0 Å². The number of nitrogens with two attached hydrogens (primary N) is 1. The highest BCUT2D eigenvalue weighted by Crippen LogP contribution is 2.32. The molecule has 0 bridgehead atoms. The van der Waals surface area contributed by atoms with Gasteiger partial charge in [0.1, 0.15) is 0 Å². The lowest BCUT2D eigenvalue weighted by Gasteiger charge is -2.15. The molecule has 0 aromatic heterocycles. The molecule has 30 heavy (non-hydrogen) atoms. The second-order valence-corrected chi connectivity index (χ2v) is 7.36. The predicted octanol–water partition coefficient (Wildman–Crippen LogP) is 4.01. The van der Waals surface area contributed by atoms with Gasteiger partial charge in [-0.15, -0.1) is 0 Å². The highest BCUT2D eigenvalue weighted by Gasteiger charge is 2.25. The van der Waals surface area contributed by atoms with Gasteiger partial charge >= 0.3 is 6.03 Å².